The van der Waals surface area contributed by atoms with Gasteiger partial charge in [0.25, 0.3) is 0 Å². The number of carbonyl (C=O) groups excluding carboxylic acids is 1. The van der Waals surface area contributed by atoms with Crippen molar-refractivity contribution in [3.8, 4) is 0 Å². The molecular formula is C8H11N2O. The molecule has 1 aliphatic heterocycles. The molecule has 3 heteroatoms. The summed E-state index contributed by atoms with van der Waals surface area (Å²) in [5, 5.41) is 0. The van der Waals surface area contributed by atoms with E-state index in [1.165, 1.54) is 4.90 Å². The van der Waals surface area contributed by atoms with E-state index in [9.17, 15) is 4.79 Å². The quantitative estimate of drug-likeness (QED) is 0.543. The lowest BCUT2D eigenvalue weighted by Gasteiger charge is -2.23. The Bertz CT molecular complexity index is 187. The first-order valence-electron chi connectivity index (χ1n) is 3.49. The summed E-state index contributed by atoms with van der Waals surface area (Å²) in [4.78, 5) is 13.6. The highest BCUT2D eigenvalue weighted by Crippen LogP contribution is 1.97. The second-order valence-electron chi connectivity index (χ2n) is 2.47. The van der Waals surface area contributed by atoms with Gasteiger partial charge in [-0.2, -0.15) is 0 Å². The molecule has 0 aliphatic carbocycles. The van der Waals surface area contributed by atoms with Crippen LogP contribution in [0, 0.1) is 0 Å². The normalized spacial score (nSPS) is 15.2. The van der Waals surface area contributed by atoms with Crippen LogP contribution in [-0.4, -0.2) is 36.5 Å². The van der Waals surface area contributed by atoms with E-state index in [1.54, 1.807) is 13.5 Å². The fourth-order valence-corrected chi connectivity index (χ4v) is 0.913. The van der Waals surface area contributed by atoms with Gasteiger partial charge in [0.15, 0.2) is 0 Å². The molecule has 0 aromatic rings. The SMILES string of the molecule is CN([C]=O)CN1C=CC=CC1. The van der Waals surface area contributed by atoms with E-state index in [1.807, 2.05) is 29.3 Å². The summed E-state index contributed by atoms with van der Waals surface area (Å²) >= 11 is 0. The van der Waals surface area contributed by atoms with Crippen LogP contribution < -0.4 is 0 Å². The van der Waals surface area contributed by atoms with Crippen molar-refractivity contribution in [1.82, 2.24) is 9.80 Å². The Morgan fingerprint density at radius 1 is 1.64 bits per heavy atom. The highest BCUT2D eigenvalue weighted by molar-refractivity contribution is 5.47. The van der Waals surface area contributed by atoms with Crippen LogP contribution in [0.3, 0.4) is 0 Å². The average molecular weight is 151 g/mol. The molecule has 0 N–H and O–H groups in total. The maximum absolute atomic E-state index is 10.1. The van der Waals surface area contributed by atoms with Crippen molar-refractivity contribution in [2.24, 2.45) is 0 Å². The van der Waals surface area contributed by atoms with Gasteiger partial charge >= 0.3 is 6.41 Å². The van der Waals surface area contributed by atoms with Gasteiger partial charge in [0.05, 0.1) is 6.67 Å². The van der Waals surface area contributed by atoms with Crippen LogP contribution in [0.25, 0.3) is 0 Å². The first kappa shape index (κ1) is 7.85. The van der Waals surface area contributed by atoms with Gasteiger partial charge in [0.2, 0.25) is 0 Å². The van der Waals surface area contributed by atoms with E-state index in [-0.39, 0.29) is 0 Å². The minimum Gasteiger partial charge on any atom is -0.356 e. The summed E-state index contributed by atoms with van der Waals surface area (Å²) in [6.07, 6.45) is 9.72. The van der Waals surface area contributed by atoms with Crippen molar-refractivity contribution in [1.29, 1.82) is 0 Å². The molecule has 0 saturated heterocycles. The van der Waals surface area contributed by atoms with Crippen molar-refractivity contribution in [3.05, 3.63) is 24.4 Å². The van der Waals surface area contributed by atoms with Crippen LogP contribution in [0.15, 0.2) is 24.4 Å². The molecule has 11 heavy (non-hydrogen) atoms. The van der Waals surface area contributed by atoms with Crippen LogP contribution >= 0.6 is 0 Å². The number of hydrogen-bond donors (Lipinski definition) is 0. The highest BCUT2D eigenvalue weighted by Gasteiger charge is 2.01. The van der Waals surface area contributed by atoms with Gasteiger partial charge in [-0.25, -0.2) is 0 Å². The second kappa shape index (κ2) is 3.81. The van der Waals surface area contributed by atoms with Gasteiger partial charge in [-0.15, -0.1) is 0 Å². The second-order valence-corrected chi connectivity index (χ2v) is 2.47. The van der Waals surface area contributed by atoms with Gasteiger partial charge in [0.1, 0.15) is 0 Å². The summed E-state index contributed by atoms with van der Waals surface area (Å²) < 4.78 is 0. The van der Waals surface area contributed by atoms with Gasteiger partial charge in [-0.3, -0.25) is 4.79 Å². The van der Waals surface area contributed by atoms with Gasteiger partial charge < -0.3 is 9.80 Å². The fourth-order valence-electron chi connectivity index (χ4n) is 0.913. The zero-order valence-electron chi connectivity index (χ0n) is 6.53. The van der Waals surface area contributed by atoms with E-state index < -0.39 is 0 Å². The van der Waals surface area contributed by atoms with E-state index >= 15 is 0 Å². The molecule has 59 valence electrons. The Morgan fingerprint density at radius 2 is 2.45 bits per heavy atom. The van der Waals surface area contributed by atoms with E-state index in [2.05, 4.69) is 0 Å². The Balaban J connectivity index is 2.32. The molecule has 0 atom stereocenters. The number of allylic oxidation sites excluding steroid dienone is 2. The minimum atomic E-state index is 0.602. The Kier molecular flexibility index (Phi) is 2.72. The van der Waals surface area contributed by atoms with Crippen LogP contribution in [0.5, 0.6) is 0 Å². The summed E-state index contributed by atoms with van der Waals surface area (Å²) in [7, 11) is 1.71. The number of amides is 1. The van der Waals surface area contributed by atoms with E-state index in [4.69, 9.17) is 0 Å². The molecule has 0 aromatic carbocycles. The molecule has 0 aromatic heterocycles. The monoisotopic (exact) mass is 151 g/mol. The topological polar surface area (TPSA) is 23.6 Å². The summed E-state index contributed by atoms with van der Waals surface area (Å²) in [5.74, 6) is 0. The third kappa shape index (κ3) is 2.45. The maximum atomic E-state index is 10.1. The average Bonchev–Trinajstić information content (AvgIpc) is 2.06. The minimum absolute atomic E-state index is 0.602. The Hall–Kier alpha value is -1.25. The molecular weight excluding hydrogens is 140 g/mol. The van der Waals surface area contributed by atoms with E-state index in [0.717, 1.165) is 6.54 Å². The van der Waals surface area contributed by atoms with Crippen molar-refractivity contribution >= 4 is 6.41 Å². The zero-order chi connectivity index (χ0) is 8.10. The van der Waals surface area contributed by atoms with Crippen molar-refractivity contribution in [2.75, 3.05) is 20.3 Å². The highest BCUT2D eigenvalue weighted by atomic mass is 16.1. The first-order chi connectivity index (χ1) is 5.33. The van der Waals surface area contributed by atoms with Gasteiger partial charge in [-0.1, -0.05) is 12.2 Å². The molecule has 1 aliphatic rings. The zero-order valence-corrected chi connectivity index (χ0v) is 6.53. The van der Waals surface area contributed by atoms with Crippen molar-refractivity contribution in [2.45, 2.75) is 0 Å². The summed E-state index contributed by atoms with van der Waals surface area (Å²) in [6, 6.07) is 0. The molecule has 0 bridgehead atoms. The van der Waals surface area contributed by atoms with Crippen molar-refractivity contribution < 1.29 is 4.79 Å². The molecule has 1 radical (unpaired) electrons. The van der Waals surface area contributed by atoms with Gasteiger partial charge in [0, 0.05) is 19.8 Å². The molecule has 0 unspecified atom stereocenters. The molecule has 0 fully saturated rings. The molecule has 1 heterocycles. The lowest BCUT2D eigenvalue weighted by Crippen LogP contribution is -2.31. The smallest absolute Gasteiger partial charge is 0.313 e. The molecule has 3 nitrogen and oxygen atoms in total. The number of rotatable bonds is 3. The predicted octanol–water partition coefficient (Wildman–Crippen LogP) is 0.328. The molecule has 0 spiro atoms. The van der Waals surface area contributed by atoms with Crippen molar-refractivity contribution in [3.63, 3.8) is 0 Å². The van der Waals surface area contributed by atoms with Crippen LogP contribution in [0.2, 0.25) is 0 Å². The maximum Gasteiger partial charge on any atom is 0.313 e. The predicted molar refractivity (Wildman–Crippen MR) is 43.3 cm³/mol. The summed E-state index contributed by atoms with van der Waals surface area (Å²) in [5.41, 5.74) is 0. The lowest BCUT2D eigenvalue weighted by atomic mass is 10.4. The molecule has 1 amide bonds. The third-order valence-corrected chi connectivity index (χ3v) is 1.43. The summed E-state index contributed by atoms with van der Waals surface area (Å²) in [6.45, 7) is 1.47. The first-order valence-corrected chi connectivity index (χ1v) is 3.49. The fraction of sp³-hybridized carbons (Fsp3) is 0.375. The Morgan fingerprint density at radius 3 is 3.00 bits per heavy atom. The number of nitrogens with zero attached hydrogens (tertiary/aromatic N) is 2. The van der Waals surface area contributed by atoms with Gasteiger partial charge in [-0.05, 0) is 6.08 Å². The largest absolute Gasteiger partial charge is 0.356 e. The van der Waals surface area contributed by atoms with Crippen LogP contribution in [-0.2, 0) is 4.79 Å². The molecule has 0 saturated carbocycles. The lowest BCUT2D eigenvalue weighted by molar-refractivity contribution is 0.282. The number of hydrogen-bond acceptors (Lipinski definition) is 2. The van der Waals surface area contributed by atoms with Crippen LogP contribution in [0.1, 0.15) is 0 Å². The Labute approximate surface area is 66.6 Å². The molecule has 1 rings (SSSR count). The van der Waals surface area contributed by atoms with Crippen LogP contribution in [0.4, 0.5) is 0 Å². The third-order valence-electron chi connectivity index (χ3n) is 1.43. The van der Waals surface area contributed by atoms with E-state index in [0.29, 0.717) is 6.67 Å². The standard InChI is InChI=1S/C8H11N2O/c1-9(8-11)7-10-5-3-2-4-6-10/h2-5H,6-7H2,1H3.